The van der Waals surface area contributed by atoms with Crippen LogP contribution in [0.25, 0.3) is 0 Å². The summed E-state index contributed by atoms with van der Waals surface area (Å²) in [6, 6.07) is 24.0. The van der Waals surface area contributed by atoms with Gasteiger partial charge in [0.25, 0.3) is 0 Å². The standard InChI is InChI=1S/C32H40N2O2/c1-3-5-7-15-21-35-31-23-28(26-34-30-19-13-10-14-20-30)32(36-22-16-8-6-4-2)24-27(31)25-33-29-17-11-9-12-18-29/h9-14,17-20,23-26H,3-8,15-16,21-22H2,1-2H3. The molecule has 0 unspecified atom stereocenters. The number of aliphatic imine (C=N–C) groups is 2. The number of hydrogen-bond donors (Lipinski definition) is 0. The van der Waals surface area contributed by atoms with E-state index in [1.807, 2.05) is 85.2 Å². The summed E-state index contributed by atoms with van der Waals surface area (Å²) >= 11 is 0. The van der Waals surface area contributed by atoms with Gasteiger partial charge in [0.2, 0.25) is 0 Å². The summed E-state index contributed by atoms with van der Waals surface area (Å²) in [6.45, 7) is 5.80. The van der Waals surface area contributed by atoms with Gasteiger partial charge in [0.15, 0.2) is 0 Å². The van der Waals surface area contributed by atoms with Crippen LogP contribution in [0, 0.1) is 0 Å². The zero-order valence-corrected chi connectivity index (χ0v) is 21.9. The highest BCUT2D eigenvalue weighted by molar-refractivity contribution is 5.92. The second-order valence-corrected chi connectivity index (χ2v) is 8.93. The number of unbranched alkanes of at least 4 members (excludes halogenated alkanes) is 6. The molecule has 190 valence electrons. The lowest BCUT2D eigenvalue weighted by Gasteiger charge is -2.15. The normalized spacial score (nSPS) is 11.4. The fraction of sp³-hybridized carbons (Fsp3) is 0.375. The van der Waals surface area contributed by atoms with Gasteiger partial charge in [0.05, 0.1) is 24.6 Å². The van der Waals surface area contributed by atoms with Gasteiger partial charge < -0.3 is 9.47 Å². The van der Waals surface area contributed by atoms with Gasteiger partial charge in [-0.3, -0.25) is 9.98 Å². The van der Waals surface area contributed by atoms with Crippen molar-refractivity contribution in [3.63, 3.8) is 0 Å². The van der Waals surface area contributed by atoms with E-state index in [0.717, 1.165) is 46.8 Å². The predicted octanol–water partition coefficient (Wildman–Crippen LogP) is 9.11. The molecule has 0 aliphatic heterocycles. The molecule has 0 amide bonds. The smallest absolute Gasteiger partial charge is 0.128 e. The van der Waals surface area contributed by atoms with E-state index in [4.69, 9.17) is 9.47 Å². The maximum atomic E-state index is 6.27. The summed E-state index contributed by atoms with van der Waals surface area (Å²) in [5.74, 6) is 1.61. The molecule has 3 rings (SSSR count). The SMILES string of the molecule is CCCCCCOc1cc(C=Nc2ccccc2)c(OCCCCCC)cc1C=Nc1ccccc1. The fourth-order valence-corrected chi connectivity index (χ4v) is 3.78. The average Bonchev–Trinajstić information content (AvgIpc) is 2.92. The van der Waals surface area contributed by atoms with Crippen molar-refractivity contribution < 1.29 is 9.47 Å². The van der Waals surface area contributed by atoms with Gasteiger partial charge in [0, 0.05) is 23.6 Å². The second-order valence-electron chi connectivity index (χ2n) is 8.93. The van der Waals surface area contributed by atoms with Crippen molar-refractivity contribution in [1.29, 1.82) is 0 Å². The Bertz CT molecular complexity index is 975. The number of ether oxygens (including phenoxy) is 2. The molecule has 0 aromatic heterocycles. The highest BCUT2D eigenvalue weighted by atomic mass is 16.5. The minimum Gasteiger partial charge on any atom is -0.493 e. The summed E-state index contributed by atoms with van der Waals surface area (Å²) in [4.78, 5) is 9.37. The zero-order chi connectivity index (χ0) is 25.3. The molecule has 0 radical (unpaired) electrons. The molecular formula is C32H40N2O2. The van der Waals surface area contributed by atoms with Crippen molar-refractivity contribution in [2.75, 3.05) is 13.2 Å². The lowest BCUT2D eigenvalue weighted by atomic mass is 10.1. The summed E-state index contributed by atoms with van der Waals surface area (Å²) < 4.78 is 12.5. The van der Waals surface area contributed by atoms with Gasteiger partial charge in [-0.25, -0.2) is 0 Å². The van der Waals surface area contributed by atoms with E-state index in [0.29, 0.717) is 13.2 Å². The van der Waals surface area contributed by atoms with E-state index in [2.05, 4.69) is 23.8 Å². The van der Waals surface area contributed by atoms with E-state index in [1.54, 1.807) is 0 Å². The van der Waals surface area contributed by atoms with Gasteiger partial charge in [0.1, 0.15) is 11.5 Å². The Morgan fingerprint density at radius 1 is 0.556 bits per heavy atom. The first-order chi connectivity index (χ1) is 17.8. The van der Waals surface area contributed by atoms with Crippen molar-refractivity contribution in [1.82, 2.24) is 0 Å². The molecule has 36 heavy (non-hydrogen) atoms. The zero-order valence-electron chi connectivity index (χ0n) is 21.9. The van der Waals surface area contributed by atoms with Crippen LogP contribution in [0.4, 0.5) is 11.4 Å². The van der Waals surface area contributed by atoms with Crippen LogP contribution in [0.5, 0.6) is 11.5 Å². The summed E-state index contributed by atoms with van der Waals surface area (Å²) in [5, 5.41) is 0. The van der Waals surface area contributed by atoms with E-state index >= 15 is 0 Å². The molecular weight excluding hydrogens is 444 g/mol. The Morgan fingerprint density at radius 2 is 0.972 bits per heavy atom. The number of benzene rings is 3. The molecule has 0 heterocycles. The van der Waals surface area contributed by atoms with Gasteiger partial charge in [-0.05, 0) is 49.2 Å². The van der Waals surface area contributed by atoms with Gasteiger partial charge in [-0.2, -0.15) is 0 Å². The monoisotopic (exact) mass is 484 g/mol. The Labute approximate surface area is 217 Å². The molecule has 0 aliphatic carbocycles. The highest BCUT2D eigenvalue weighted by Gasteiger charge is 2.11. The van der Waals surface area contributed by atoms with Crippen LogP contribution in [0.1, 0.15) is 76.3 Å². The third-order valence-electron chi connectivity index (χ3n) is 5.87. The minimum absolute atomic E-state index is 0.679. The fourth-order valence-electron chi connectivity index (χ4n) is 3.78. The Hall–Kier alpha value is -3.40. The molecule has 0 saturated heterocycles. The van der Waals surface area contributed by atoms with Crippen molar-refractivity contribution in [2.45, 2.75) is 65.2 Å². The maximum Gasteiger partial charge on any atom is 0.128 e. The van der Waals surface area contributed by atoms with Gasteiger partial charge in [-0.15, -0.1) is 0 Å². The van der Waals surface area contributed by atoms with Gasteiger partial charge in [-0.1, -0.05) is 88.8 Å². The Morgan fingerprint density at radius 3 is 1.36 bits per heavy atom. The second kappa shape index (κ2) is 16.3. The Kier molecular flexibility index (Phi) is 12.3. The van der Waals surface area contributed by atoms with Crippen molar-refractivity contribution in [2.24, 2.45) is 9.98 Å². The number of rotatable bonds is 16. The van der Waals surface area contributed by atoms with Crippen LogP contribution in [0.15, 0.2) is 82.8 Å². The molecule has 4 heteroatoms. The molecule has 3 aromatic carbocycles. The van der Waals surface area contributed by atoms with Crippen molar-refractivity contribution in [3.8, 4) is 11.5 Å². The molecule has 4 nitrogen and oxygen atoms in total. The topological polar surface area (TPSA) is 43.2 Å². The van der Waals surface area contributed by atoms with Crippen LogP contribution in [-0.2, 0) is 0 Å². The quantitative estimate of drug-likeness (QED) is 0.150. The third kappa shape index (κ3) is 9.69. The molecule has 0 aliphatic rings. The van der Waals surface area contributed by atoms with Crippen LogP contribution in [0.2, 0.25) is 0 Å². The summed E-state index contributed by atoms with van der Waals surface area (Å²) in [7, 11) is 0. The predicted molar refractivity (Wildman–Crippen MR) is 153 cm³/mol. The van der Waals surface area contributed by atoms with E-state index < -0.39 is 0 Å². The first kappa shape index (κ1) is 27.2. The van der Waals surface area contributed by atoms with E-state index in [1.165, 1.54) is 38.5 Å². The number of hydrogen-bond acceptors (Lipinski definition) is 4. The summed E-state index contributed by atoms with van der Waals surface area (Å²) in [6.07, 6.45) is 13.0. The van der Waals surface area contributed by atoms with Crippen molar-refractivity contribution in [3.05, 3.63) is 83.9 Å². The molecule has 0 spiro atoms. The molecule has 0 fully saturated rings. The maximum absolute atomic E-state index is 6.27. The lowest BCUT2D eigenvalue weighted by molar-refractivity contribution is 0.296. The first-order valence-corrected chi connectivity index (χ1v) is 13.4. The van der Waals surface area contributed by atoms with Gasteiger partial charge >= 0.3 is 0 Å². The third-order valence-corrected chi connectivity index (χ3v) is 5.87. The van der Waals surface area contributed by atoms with Crippen molar-refractivity contribution >= 4 is 23.8 Å². The largest absolute Gasteiger partial charge is 0.493 e. The number of nitrogens with zero attached hydrogens (tertiary/aromatic N) is 2. The van der Waals surface area contributed by atoms with E-state index in [-0.39, 0.29) is 0 Å². The highest BCUT2D eigenvalue weighted by Crippen LogP contribution is 2.29. The minimum atomic E-state index is 0.679. The van der Waals surface area contributed by atoms with Crippen LogP contribution in [0.3, 0.4) is 0 Å². The summed E-state index contributed by atoms with van der Waals surface area (Å²) in [5.41, 5.74) is 3.64. The molecule has 0 atom stereocenters. The Balaban J connectivity index is 1.89. The first-order valence-electron chi connectivity index (χ1n) is 13.4. The molecule has 3 aromatic rings. The number of para-hydroxylation sites is 2. The molecule has 0 N–H and O–H groups in total. The molecule has 0 saturated carbocycles. The molecule has 0 bridgehead atoms. The average molecular weight is 485 g/mol. The lowest BCUT2D eigenvalue weighted by Crippen LogP contribution is -2.05. The van der Waals surface area contributed by atoms with Crippen LogP contribution in [-0.4, -0.2) is 25.6 Å². The van der Waals surface area contributed by atoms with Crippen LogP contribution < -0.4 is 9.47 Å². The van der Waals surface area contributed by atoms with Crippen LogP contribution >= 0.6 is 0 Å². The van der Waals surface area contributed by atoms with E-state index in [9.17, 15) is 0 Å².